The quantitative estimate of drug-likeness (QED) is 0.814. The molecule has 0 spiro atoms. The molecule has 0 bridgehead atoms. The van der Waals surface area contributed by atoms with Crippen LogP contribution in [0.25, 0.3) is 0 Å². The molecule has 3 aliphatic rings. The first-order chi connectivity index (χ1) is 11.9. The number of hydrogen-bond acceptors (Lipinski definition) is 5. The van der Waals surface area contributed by atoms with E-state index in [1.165, 1.54) is 11.1 Å². The van der Waals surface area contributed by atoms with Gasteiger partial charge in [0.1, 0.15) is 0 Å². The van der Waals surface area contributed by atoms with Crippen LogP contribution in [0.15, 0.2) is 6.20 Å². The van der Waals surface area contributed by atoms with Crippen molar-refractivity contribution in [2.24, 2.45) is 5.92 Å². The van der Waals surface area contributed by atoms with E-state index in [0.717, 1.165) is 25.7 Å². The smallest absolute Gasteiger partial charge is 0.282 e. The lowest BCUT2D eigenvalue weighted by Gasteiger charge is -2.39. The highest BCUT2D eigenvalue weighted by molar-refractivity contribution is 5.92. The zero-order valence-corrected chi connectivity index (χ0v) is 14.3. The standard InChI is InChI=1S/C17H22F2N4O2/c1-11-3-2-6-23(11)16(24)13-7-20-14(22-9-17(18,19)10-22)15(21-13)25-8-12-4-5-12/h7,11-12H,2-6,8-10H2,1H3. The highest BCUT2D eigenvalue weighted by Crippen LogP contribution is 2.36. The van der Waals surface area contributed by atoms with Crippen molar-refractivity contribution in [2.45, 2.75) is 44.6 Å². The van der Waals surface area contributed by atoms with Gasteiger partial charge in [0.15, 0.2) is 11.5 Å². The van der Waals surface area contributed by atoms with Crippen molar-refractivity contribution < 1.29 is 18.3 Å². The molecular formula is C17H22F2N4O2. The number of likely N-dealkylation sites (tertiary alicyclic amines) is 1. The number of hydrogen-bond donors (Lipinski definition) is 0. The van der Waals surface area contributed by atoms with Crippen LogP contribution >= 0.6 is 0 Å². The van der Waals surface area contributed by atoms with E-state index in [4.69, 9.17) is 4.74 Å². The van der Waals surface area contributed by atoms with Gasteiger partial charge >= 0.3 is 0 Å². The number of alkyl halides is 2. The average Bonchev–Trinajstić information content (AvgIpc) is 3.29. The first-order valence-electron chi connectivity index (χ1n) is 8.86. The van der Waals surface area contributed by atoms with Crippen LogP contribution in [-0.4, -0.2) is 59.0 Å². The van der Waals surface area contributed by atoms with Crippen LogP contribution in [0.4, 0.5) is 14.6 Å². The molecule has 0 radical (unpaired) electrons. The molecule has 1 saturated carbocycles. The summed E-state index contributed by atoms with van der Waals surface area (Å²) >= 11 is 0. The molecule has 1 aromatic heterocycles. The number of ether oxygens (including phenoxy) is 1. The second-order valence-corrected chi connectivity index (χ2v) is 7.34. The third-order valence-electron chi connectivity index (χ3n) is 5.05. The van der Waals surface area contributed by atoms with Crippen molar-refractivity contribution in [3.63, 3.8) is 0 Å². The van der Waals surface area contributed by atoms with E-state index in [9.17, 15) is 13.6 Å². The SMILES string of the molecule is CC1CCCN1C(=O)c1cnc(N2CC(F)(F)C2)c(OCC2CC2)n1. The molecule has 2 saturated heterocycles. The maximum Gasteiger partial charge on any atom is 0.282 e. The van der Waals surface area contributed by atoms with Gasteiger partial charge in [-0.1, -0.05) is 0 Å². The number of nitrogens with zero attached hydrogens (tertiary/aromatic N) is 4. The first-order valence-corrected chi connectivity index (χ1v) is 8.86. The second-order valence-electron chi connectivity index (χ2n) is 7.34. The molecule has 1 aromatic rings. The molecule has 2 aliphatic heterocycles. The largest absolute Gasteiger partial charge is 0.475 e. The van der Waals surface area contributed by atoms with Crippen molar-refractivity contribution in [1.29, 1.82) is 0 Å². The van der Waals surface area contributed by atoms with Crippen LogP contribution in [-0.2, 0) is 0 Å². The molecule has 3 fully saturated rings. The summed E-state index contributed by atoms with van der Waals surface area (Å²) in [6.07, 6.45) is 5.55. The molecule has 0 aromatic carbocycles. The Labute approximate surface area is 145 Å². The molecule has 4 rings (SSSR count). The number of carbonyl (C=O) groups is 1. The van der Waals surface area contributed by atoms with Gasteiger partial charge in [0, 0.05) is 12.6 Å². The van der Waals surface area contributed by atoms with Crippen LogP contribution in [0.2, 0.25) is 0 Å². The number of carbonyl (C=O) groups excluding carboxylic acids is 1. The third kappa shape index (κ3) is 3.39. The lowest BCUT2D eigenvalue weighted by molar-refractivity contribution is -0.0270. The summed E-state index contributed by atoms with van der Waals surface area (Å²) in [7, 11) is 0. The number of rotatable bonds is 5. The fourth-order valence-corrected chi connectivity index (χ4v) is 3.31. The molecule has 136 valence electrons. The second kappa shape index (κ2) is 6.07. The summed E-state index contributed by atoms with van der Waals surface area (Å²) in [6, 6.07) is 0.180. The predicted octanol–water partition coefficient (Wildman–Crippen LogP) is 2.35. The first kappa shape index (κ1) is 16.5. The van der Waals surface area contributed by atoms with E-state index in [1.807, 2.05) is 6.92 Å². The molecule has 0 N–H and O–H groups in total. The summed E-state index contributed by atoms with van der Waals surface area (Å²) in [5.74, 6) is -1.88. The van der Waals surface area contributed by atoms with Crippen molar-refractivity contribution in [3.05, 3.63) is 11.9 Å². The van der Waals surface area contributed by atoms with E-state index >= 15 is 0 Å². The van der Waals surface area contributed by atoms with E-state index < -0.39 is 19.0 Å². The number of aromatic nitrogens is 2. The normalized spacial score (nSPS) is 25.0. The highest BCUT2D eigenvalue weighted by Gasteiger charge is 2.46. The third-order valence-corrected chi connectivity index (χ3v) is 5.05. The van der Waals surface area contributed by atoms with Crippen LogP contribution in [0, 0.1) is 5.92 Å². The Hall–Kier alpha value is -1.99. The van der Waals surface area contributed by atoms with Gasteiger partial charge < -0.3 is 14.5 Å². The number of anilines is 1. The molecule has 1 atom stereocenters. The zero-order chi connectivity index (χ0) is 17.6. The lowest BCUT2D eigenvalue weighted by atomic mass is 10.1. The van der Waals surface area contributed by atoms with E-state index in [-0.39, 0.29) is 23.5 Å². The maximum atomic E-state index is 13.2. The number of halogens is 2. The van der Waals surface area contributed by atoms with Gasteiger partial charge in [0.2, 0.25) is 0 Å². The van der Waals surface area contributed by atoms with Crippen molar-refractivity contribution in [3.8, 4) is 5.88 Å². The fraction of sp³-hybridized carbons (Fsp3) is 0.706. The summed E-state index contributed by atoms with van der Waals surface area (Å²) in [5.41, 5.74) is 0.218. The van der Waals surface area contributed by atoms with Gasteiger partial charge in [-0.25, -0.2) is 18.7 Å². The van der Waals surface area contributed by atoms with E-state index in [0.29, 0.717) is 24.9 Å². The summed E-state index contributed by atoms with van der Waals surface area (Å²) in [5, 5.41) is 0. The summed E-state index contributed by atoms with van der Waals surface area (Å²) < 4.78 is 32.1. The fourth-order valence-electron chi connectivity index (χ4n) is 3.31. The van der Waals surface area contributed by atoms with Crippen LogP contribution < -0.4 is 9.64 Å². The minimum Gasteiger partial charge on any atom is -0.475 e. The van der Waals surface area contributed by atoms with Gasteiger partial charge in [0.05, 0.1) is 25.9 Å². The Bertz CT molecular complexity index is 673. The molecule has 6 nitrogen and oxygen atoms in total. The van der Waals surface area contributed by atoms with Crippen LogP contribution in [0.1, 0.15) is 43.1 Å². The Morgan fingerprint density at radius 3 is 2.72 bits per heavy atom. The Morgan fingerprint density at radius 1 is 1.36 bits per heavy atom. The van der Waals surface area contributed by atoms with Crippen molar-refractivity contribution in [2.75, 3.05) is 31.1 Å². The average molecular weight is 352 g/mol. The minimum atomic E-state index is -2.70. The molecular weight excluding hydrogens is 330 g/mol. The van der Waals surface area contributed by atoms with Gasteiger partial charge in [-0.05, 0) is 38.5 Å². The Kier molecular flexibility index (Phi) is 4.00. The predicted molar refractivity (Wildman–Crippen MR) is 87.1 cm³/mol. The molecule has 3 heterocycles. The monoisotopic (exact) mass is 352 g/mol. The highest BCUT2D eigenvalue weighted by atomic mass is 19.3. The zero-order valence-electron chi connectivity index (χ0n) is 14.3. The Morgan fingerprint density at radius 2 is 2.12 bits per heavy atom. The van der Waals surface area contributed by atoms with Crippen molar-refractivity contribution >= 4 is 11.7 Å². The van der Waals surface area contributed by atoms with Crippen LogP contribution in [0.5, 0.6) is 5.88 Å². The molecule has 1 aliphatic carbocycles. The van der Waals surface area contributed by atoms with E-state index in [1.54, 1.807) is 4.90 Å². The molecule has 8 heteroatoms. The lowest BCUT2D eigenvalue weighted by Crippen LogP contribution is -2.56. The molecule has 25 heavy (non-hydrogen) atoms. The summed E-state index contributed by atoms with van der Waals surface area (Å²) in [4.78, 5) is 24.5. The summed E-state index contributed by atoms with van der Waals surface area (Å²) in [6.45, 7) is 2.43. The van der Waals surface area contributed by atoms with Crippen molar-refractivity contribution in [1.82, 2.24) is 14.9 Å². The van der Waals surface area contributed by atoms with Gasteiger partial charge in [-0.15, -0.1) is 0 Å². The van der Waals surface area contributed by atoms with Gasteiger partial charge in [0.25, 0.3) is 17.7 Å². The topological polar surface area (TPSA) is 58.6 Å². The number of amides is 1. The van der Waals surface area contributed by atoms with E-state index in [2.05, 4.69) is 9.97 Å². The van der Waals surface area contributed by atoms with Gasteiger partial charge in [-0.3, -0.25) is 4.79 Å². The molecule has 1 amide bonds. The van der Waals surface area contributed by atoms with Gasteiger partial charge in [-0.2, -0.15) is 0 Å². The van der Waals surface area contributed by atoms with Crippen LogP contribution in [0.3, 0.4) is 0 Å². The Balaban J connectivity index is 1.56. The maximum absolute atomic E-state index is 13.2. The molecule has 1 unspecified atom stereocenters. The minimum absolute atomic E-state index is 0.172.